The number of sulfonamides is 1. The van der Waals surface area contributed by atoms with E-state index >= 15 is 0 Å². The van der Waals surface area contributed by atoms with Crippen molar-refractivity contribution in [3.8, 4) is 0 Å². The highest BCUT2D eigenvalue weighted by Gasteiger charge is 2.35. The molecule has 1 amide bonds. The van der Waals surface area contributed by atoms with Gasteiger partial charge in [-0.1, -0.05) is 46.8 Å². The van der Waals surface area contributed by atoms with Crippen LogP contribution in [0.15, 0.2) is 87.8 Å². The second kappa shape index (κ2) is 11.4. The van der Waals surface area contributed by atoms with E-state index < -0.39 is 33.7 Å². The van der Waals surface area contributed by atoms with Crippen molar-refractivity contribution in [1.29, 1.82) is 0 Å². The van der Waals surface area contributed by atoms with Crippen molar-refractivity contribution in [2.75, 3.05) is 19.7 Å². The zero-order valence-corrected chi connectivity index (χ0v) is 22.8. The van der Waals surface area contributed by atoms with E-state index in [0.29, 0.717) is 16.7 Å². The summed E-state index contributed by atoms with van der Waals surface area (Å²) >= 11 is 3.31. The molecule has 0 saturated carbocycles. The molecule has 0 aliphatic carbocycles. The van der Waals surface area contributed by atoms with Crippen LogP contribution in [0.2, 0.25) is 0 Å². The molecule has 0 saturated heterocycles. The number of ether oxygens (including phenoxy) is 2. The van der Waals surface area contributed by atoms with Gasteiger partial charge in [0, 0.05) is 17.6 Å². The van der Waals surface area contributed by atoms with E-state index in [9.17, 15) is 18.0 Å². The number of amides is 1. The van der Waals surface area contributed by atoms with E-state index in [2.05, 4.69) is 27.8 Å². The summed E-state index contributed by atoms with van der Waals surface area (Å²) in [6.45, 7) is 9.12. The minimum atomic E-state index is -3.95. The van der Waals surface area contributed by atoms with Crippen LogP contribution in [-0.2, 0) is 19.5 Å². The maximum atomic E-state index is 13.5. The number of carbonyl (C=O) groups excluding carboxylic acids is 2. The Morgan fingerprint density at radius 2 is 1.75 bits per heavy atom. The van der Waals surface area contributed by atoms with Crippen molar-refractivity contribution in [2.24, 2.45) is 0 Å². The molecule has 0 bridgehead atoms. The smallest absolute Gasteiger partial charge is 0.407 e. The number of alkyl carbamates (subject to hydrolysis) is 1. The SMILES string of the molecule is C=C1CN(S(=O)(=O)c2ccc(Br)cc2)C(COC(=O)c2ccccc2)C=C1CNC(=O)OC(C)(C)C. The summed E-state index contributed by atoms with van der Waals surface area (Å²) in [7, 11) is -3.95. The van der Waals surface area contributed by atoms with Crippen molar-refractivity contribution in [1.82, 2.24) is 9.62 Å². The number of nitrogens with zero attached hydrogens (tertiary/aromatic N) is 1. The molecule has 1 unspecified atom stereocenters. The molecule has 0 fully saturated rings. The molecule has 36 heavy (non-hydrogen) atoms. The van der Waals surface area contributed by atoms with E-state index in [4.69, 9.17) is 9.47 Å². The van der Waals surface area contributed by atoms with Crippen LogP contribution in [0.1, 0.15) is 31.1 Å². The second-order valence-electron chi connectivity index (χ2n) is 9.19. The highest BCUT2D eigenvalue weighted by atomic mass is 79.9. The molecule has 1 N–H and O–H groups in total. The van der Waals surface area contributed by atoms with Gasteiger partial charge in [-0.25, -0.2) is 18.0 Å². The monoisotopic (exact) mass is 576 g/mol. The van der Waals surface area contributed by atoms with Crippen molar-refractivity contribution in [3.05, 3.63) is 88.4 Å². The van der Waals surface area contributed by atoms with E-state index in [1.165, 1.54) is 16.4 Å². The Balaban J connectivity index is 1.85. The molecule has 1 aliphatic rings. The number of hydrogen-bond acceptors (Lipinski definition) is 6. The predicted molar refractivity (Wildman–Crippen MR) is 140 cm³/mol. The fourth-order valence-corrected chi connectivity index (χ4v) is 5.28. The number of esters is 1. The lowest BCUT2D eigenvalue weighted by Crippen LogP contribution is -2.47. The summed E-state index contributed by atoms with van der Waals surface area (Å²) in [4.78, 5) is 24.8. The van der Waals surface area contributed by atoms with Crippen LogP contribution in [0.3, 0.4) is 0 Å². The lowest BCUT2D eigenvalue weighted by Gasteiger charge is -2.34. The fourth-order valence-electron chi connectivity index (χ4n) is 3.46. The number of carbonyl (C=O) groups is 2. The quantitative estimate of drug-likeness (QED) is 0.480. The Bertz CT molecular complexity index is 1250. The average molecular weight is 577 g/mol. The van der Waals surface area contributed by atoms with Crippen LogP contribution in [0.5, 0.6) is 0 Å². The van der Waals surface area contributed by atoms with Crippen LogP contribution in [0.4, 0.5) is 4.79 Å². The zero-order valence-electron chi connectivity index (χ0n) is 20.4. The first-order valence-electron chi connectivity index (χ1n) is 11.2. The molecule has 0 aromatic heterocycles. The van der Waals surface area contributed by atoms with Crippen molar-refractivity contribution >= 4 is 38.0 Å². The molecule has 192 valence electrons. The Hall–Kier alpha value is -2.95. The van der Waals surface area contributed by atoms with E-state index in [0.717, 1.165) is 4.47 Å². The average Bonchev–Trinajstić information content (AvgIpc) is 2.81. The lowest BCUT2D eigenvalue weighted by atomic mass is 10.0. The van der Waals surface area contributed by atoms with Gasteiger partial charge >= 0.3 is 12.1 Å². The molecular formula is C26H29BrN2O6S. The normalized spacial score (nSPS) is 16.7. The molecule has 3 rings (SSSR count). The largest absolute Gasteiger partial charge is 0.460 e. The third-order valence-electron chi connectivity index (χ3n) is 5.20. The van der Waals surface area contributed by atoms with Gasteiger partial charge in [-0.15, -0.1) is 0 Å². The van der Waals surface area contributed by atoms with Crippen molar-refractivity contribution < 1.29 is 27.5 Å². The summed E-state index contributed by atoms with van der Waals surface area (Å²) in [6, 6.07) is 13.9. The Morgan fingerprint density at radius 1 is 1.11 bits per heavy atom. The summed E-state index contributed by atoms with van der Waals surface area (Å²) in [6.07, 6.45) is 1.05. The number of benzene rings is 2. The number of hydrogen-bond donors (Lipinski definition) is 1. The maximum absolute atomic E-state index is 13.5. The van der Waals surface area contributed by atoms with Crippen LogP contribution in [-0.4, -0.2) is 56.1 Å². The highest BCUT2D eigenvalue weighted by Crippen LogP contribution is 2.28. The van der Waals surface area contributed by atoms with Gasteiger partial charge in [-0.2, -0.15) is 4.31 Å². The van der Waals surface area contributed by atoms with Crippen molar-refractivity contribution in [3.63, 3.8) is 0 Å². The maximum Gasteiger partial charge on any atom is 0.407 e. The third-order valence-corrected chi connectivity index (χ3v) is 7.62. The Kier molecular flexibility index (Phi) is 8.76. The van der Waals surface area contributed by atoms with Crippen molar-refractivity contribution in [2.45, 2.75) is 37.3 Å². The zero-order chi connectivity index (χ0) is 26.5. The predicted octanol–water partition coefficient (Wildman–Crippen LogP) is 4.69. The van der Waals surface area contributed by atoms with Crippen LogP contribution < -0.4 is 5.32 Å². The summed E-state index contributed by atoms with van der Waals surface area (Å²) in [5.41, 5.74) is 0.836. The highest BCUT2D eigenvalue weighted by molar-refractivity contribution is 9.10. The van der Waals surface area contributed by atoms with Gasteiger partial charge in [-0.3, -0.25) is 0 Å². The van der Waals surface area contributed by atoms with Gasteiger partial charge in [-0.05, 0) is 68.3 Å². The second-order valence-corrected chi connectivity index (χ2v) is 12.0. The molecule has 0 spiro atoms. The minimum Gasteiger partial charge on any atom is -0.460 e. The molecule has 2 aromatic rings. The third kappa shape index (κ3) is 7.28. The Labute approximate surface area is 220 Å². The summed E-state index contributed by atoms with van der Waals surface area (Å²) in [5, 5.41) is 2.67. The van der Waals surface area contributed by atoms with Gasteiger partial charge in [0.1, 0.15) is 12.2 Å². The summed E-state index contributed by atoms with van der Waals surface area (Å²) in [5.74, 6) is -0.567. The molecular weight excluding hydrogens is 548 g/mol. The van der Waals surface area contributed by atoms with E-state index in [1.807, 2.05) is 0 Å². The molecule has 1 aliphatic heterocycles. The molecule has 2 aromatic carbocycles. The van der Waals surface area contributed by atoms with Gasteiger partial charge in [0.15, 0.2) is 0 Å². The number of rotatable bonds is 7. The minimum absolute atomic E-state index is 0.0339. The van der Waals surface area contributed by atoms with Crippen LogP contribution >= 0.6 is 15.9 Å². The molecule has 10 heteroatoms. The van der Waals surface area contributed by atoms with Gasteiger partial charge in [0.25, 0.3) is 0 Å². The lowest BCUT2D eigenvalue weighted by molar-refractivity contribution is 0.0451. The first kappa shape index (κ1) is 27.6. The van der Waals surface area contributed by atoms with Gasteiger partial charge < -0.3 is 14.8 Å². The number of halogens is 1. The molecule has 1 heterocycles. The molecule has 0 radical (unpaired) electrons. The molecule has 1 atom stereocenters. The first-order chi connectivity index (χ1) is 16.9. The topological polar surface area (TPSA) is 102 Å². The number of nitrogens with one attached hydrogen (secondary N) is 1. The van der Waals surface area contributed by atoms with Crippen LogP contribution in [0.25, 0.3) is 0 Å². The van der Waals surface area contributed by atoms with Crippen LogP contribution in [0, 0.1) is 0 Å². The fraction of sp³-hybridized carbons (Fsp3) is 0.308. The standard InChI is InChI=1S/C26H29BrN2O6S/c1-18-16-29(36(32,33)23-12-10-21(27)11-13-23)22(17-34-24(30)19-8-6-5-7-9-19)14-20(18)15-28-25(31)35-26(2,3)4/h5-14,22H,1,15-17H2,2-4H3,(H,28,31). The van der Waals surface area contributed by atoms with Gasteiger partial charge in [0.05, 0.1) is 16.5 Å². The summed E-state index contributed by atoms with van der Waals surface area (Å²) < 4.78 is 39.8. The van der Waals surface area contributed by atoms with E-state index in [1.54, 1.807) is 69.3 Å². The molecule has 8 nitrogen and oxygen atoms in total. The first-order valence-corrected chi connectivity index (χ1v) is 13.5. The Morgan fingerprint density at radius 3 is 2.36 bits per heavy atom. The van der Waals surface area contributed by atoms with Gasteiger partial charge in [0.2, 0.25) is 10.0 Å². The van der Waals surface area contributed by atoms with E-state index in [-0.39, 0.29) is 24.6 Å².